The fraction of sp³-hybridized carbons (Fsp3) is 0.579. The first-order valence-electron chi connectivity index (χ1n) is 8.91. The number of halogens is 1. The van der Waals surface area contributed by atoms with E-state index in [1.807, 2.05) is 12.1 Å². The number of esters is 1. The van der Waals surface area contributed by atoms with Crippen molar-refractivity contribution in [2.75, 3.05) is 19.7 Å². The summed E-state index contributed by atoms with van der Waals surface area (Å²) in [7, 11) is 0. The van der Waals surface area contributed by atoms with E-state index in [1.54, 1.807) is 19.1 Å². The average Bonchev–Trinajstić information content (AvgIpc) is 3.05. The van der Waals surface area contributed by atoms with Crippen LogP contribution in [0.4, 0.5) is 0 Å². The molecule has 2 fully saturated rings. The van der Waals surface area contributed by atoms with Crippen molar-refractivity contribution >= 4 is 24.3 Å². The molecule has 0 radical (unpaired) electrons. The molecule has 2 aliphatic rings. The Kier molecular flexibility index (Phi) is 6.85. The first kappa shape index (κ1) is 19.7. The maximum atomic E-state index is 12.8. The molecule has 0 unspecified atom stereocenters. The monoisotopic (exact) mass is 366 g/mol. The van der Waals surface area contributed by atoms with Gasteiger partial charge in [0, 0.05) is 13.1 Å². The molecule has 1 aliphatic carbocycles. The van der Waals surface area contributed by atoms with Crippen LogP contribution in [0.5, 0.6) is 0 Å². The van der Waals surface area contributed by atoms with Gasteiger partial charge in [-0.25, -0.2) is 4.79 Å². The number of nitrogens with one attached hydrogen (secondary N) is 2. The molecule has 6 heteroatoms. The number of amides is 1. The highest BCUT2D eigenvalue weighted by Crippen LogP contribution is 2.43. The van der Waals surface area contributed by atoms with Crippen molar-refractivity contribution in [1.29, 1.82) is 0 Å². The number of hydrogen-bond acceptors (Lipinski definition) is 4. The number of carbonyl (C=O) groups is 2. The number of ether oxygens (including phenoxy) is 1. The number of benzene rings is 1. The zero-order valence-electron chi connectivity index (χ0n) is 14.7. The Balaban J connectivity index is 0.00000225. The molecule has 0 spiro atoms. The highest BCUT2D eigenvalue weighted by molar-refractivity contribution is 5.89. The Labute approximate surface area is 155 Å². The van der Waals surface area contributed by atoms with Crippen LogP contribution in [0.3, 0.4) is 0 Å². The maximum Gasteiger partial charge on any atom is 0.338 e. The first-order chi connectivity index (χ1) is 11.7. The van der Waals surface area contributed by atoms with Crippen LogP contribution in [0.2, 0.25) is 0 Å². The van der Waals surface area contributed by atoms with E-state index in [-0.39, 0.29) is 29.7 Å². The molecule has 1 heterocycles. The molecule has 1 aliphatic heterocycles. The Morgan fingerprint density at radius 3 is 2.76 bits per heavy atom. The second kappa shape index (κ2) is 8.68. The van der Waals surface area contributed by atoms with E-state index in [0.29, 0.717) is 24.6 Å². The fourth-order valence-electron chi connectivity index (χ4n) is 4.02. The van der Waals surface area contributed by atoms with Gasteiger partial charge < -0.3 is 15.4 Å². The summed E-state index contributed by atoms with van der Waals surface area (Å²) in [6.07, 6.45) is 4.50. The minimum Gasteiger partial charge on any atom is -0.462 e. The summed E-state index contributed by atoms with van der Waals surface area (Å²) in [6, 6.07) is 7.24. The predicted molar refractivity (Wildman–Crippen MR) is 98.8 cm³/mol. The molecular formula is C19H27ClN2O3. The number of hydrogen-bond donors (Lipinski definition) is 2. The van der Waals surface area contributed by atoms with Gasteiger partial charge in [0.2, 0.25) is 5.91 Å². The second-order valence-electron chi connectivity index (χ2n) is 6.83. The summed E-state index contributed by atoms with van der Waals surface area (Å²) in [5.41, 5.74) is 1.31. The van der Waals surface area contributed by atoms with Crippen LogP contribution < -0.4 is 10.6 Å². The SMILES string of the molecule is CCOC(=O)c1ccc(CNC(=O)[C@@]23CCCC[C@H]2CNC3)cc1.Cl. The van der Waals surface area contributed by atoms with Crippen LogP contribution in [0, 0.1) is 11.3 Å². The van der Waals surface area contributed by atoms with E-state index in [4.69, 9.17) is 4.74 Å². The average molecular weight is 367 g/mol. The zero-order valence-corrected chi connectivity index (χ0v) is 15.5. The lowest BCUT2D eigenvalue weighted by Gasteiger charge is -2.37. The van der Waals surface area contributed by atoms with Gasteiger partial charge in [0.25, 0.3) is 0 Å². The molecule has 1 aromatic carbocycles. The lowest BCUT2D eigenvalue weighted by molar-refractivity contribution is -0.134. The number of rotatable bonds is 5. The fourth-order valence-corrected chi connectivity index (χ4v) is 4.02. The van der Waals surface area contributed by atoms with Crippen molar-refractivity contribution in [2.24, 2.45) is 11.3 Å². The van der Waals surface area contributed by atoms with E-state index in [0.717, 1.165) is 37.9 Å². The van der Waals surface area contributed by atoms with E-state index in [2.05, 4.69) is 10.6 Å². The highest BCUT2D eigenvalue weighted by Gasteiger charge is 2.49. The third-order valence-electron chi connectivity index (χ3n) is 5.41. The van der Waals surface area contributed by atoms with E-state index < -0.39 is 0 Å². The summed E-state index contributed by atoms with van der Waals surface area (Å²) in [6.45, 7) is 4.41. The van der Waals surface area contributed by atoms with Crippen LogP contribution in [-0.4, -0.2) is 31.6 Å². The molecule has 0 aromatic heterocycles. The van der Waals surface area contributed by atoms with Crippen molar-refractivity contribution in [3.05, 3.63) is 35.4 Å². The molecule has 138 valence electrons. The molecule has 2 atom stereocenters. The molecule has 1 amide bonds. The van der Waals surface area contributed by atoms with Crippen molar-refractivity contribution in [1.82, 2.24) is 10.6 Å². The second-order valence-corrected chi connectivity index (χ2v) is 6.83. The van der Waals surface area contributed by atoms with Crippen LogP contribution in [0.25, 0.3) is 0 Å². The number of fused-ring (bicyclic) bond motifs is 1. The van der Waals surface area contributed by atoms with Gasteiger partial charge >= 0.3 is 5.97 Å². The standard InChI is InChI=1S/C19H26N2O3.ClH/c1-2-24-17(22)15-8-6-14(7-9-15)11-21-18(23)19-10-4-3-5-16(19)12-20-13-19;/h6-9,16,20H,2-5,10-13H2,1H3,(H,21,23);1H/t16-,19+;/m0./s1. The van der Waals surface area contributed by atoms with Gasteiger partial charge in [-0.05, 0) is 49.9 Å². The minimum atomic E-state index is -0.311. The van der Waals surface area contributed by atoms with Gasteiger partial charge in [-0.15, -0.1) is 12.4 Å². The molecule has 1 saturated heterocycles. The van der Waals surface area contributed by atoms with Crippen molar-refractivity contribution in [3.63, 3.8) is 0 Å². The van der Waals surface area contributed by atoms with Crippen LogP contribution in [-0.2, 0) is 16.1 Å². The first-order valence-corrected chi connectivity index (χ1v) is 8.91. The van der Waals surface area contributed by atoms with E-state index in [9.17, 15) is 9.59 Å². The van der Waals surface area contributed by atoms with Crippen LogP contribution >= 0.6 is 12.4 Å². The lowest BCUT2D eigenvalue weighted by Crippen LogP contribution is -2.47. The van der Waals surface area contributed by atoms with Gasteiger partial charge in [-0.1, -0.05) is 25.0 Å². The Morgan fingerprint density at radius 2 is 2.04 bits per heavy atom. The largest absolute Gasteiger partial charge is 0.462 e. The third-order valence-corrected chi connectivity index (χ3v) is 5.41. The molecule has 0 bridgehead atoms. The summed E-state index contributed by atoms with van der Waals surface area (Å²) < 4.78 is 4.98. The molecule has 2 N–H and O–H groups in total. The Morgan fingerprint density at radius 1 is 1.28 bits per heavy atom. The van der Waals surface area contributed by atoms with Gasteiger partial charge in [0.05, 0.1) is 17.6 Å². The quantitative estimate of drug-likeness (QED) is 0.786. The molecular weight excluding hydrogens is 340 g/mol. The van der Waals surface area contributed by atoms with E-state index >= 15 is 0 Å². The normalized spacial score (nSPS) is 24.8. The molecule has 1 aromatic rings. The molecule has 1 saturated carbocycles. The van der Waals surface area contributed by atoms with Crippen LogP contribution in [0.1, 0.15) is 48.5 Å². The highest BCUT2D eigenvalue weighted by atomic mass is 35.5. The van der Waals surface area contributed by atoms with Crippen LogP contribution in [0.15, 0.2) is 24.3 Å². The van der Waals surface area contributed by atoms with Gasteiger partial charge in [0.1, 0.15) is 0 Å². The minimum absolute atomic E-state index is 0. The summed E-state index contributed by atoms with van der Waals surface area (Å²) in [5, 5.41) is 6.51. The molecule has 3 rings (SSSR count). The van der Waals surface area contributed by atoms with E-state index in [1.165, 1.54) is 6.42 Å². The molecule has 5 nitrogen and oxygen atoms in total. The van der Waals surface area contributed by atoms with Gasteiger partial charge in [-0.2, -0.15) is 0 Å². The zero-order chi connectivity index (χ0) is 17.0. The van der Waals surface area contributed by atoms with Crippen molar-refractivity contribution in [3.8, 4) is 0 Å². The summed E-state index contributed by atoms with van der Waals surface area (Å²) >= 11 is 0. The molecule has 25 heavy (non-hydrogen) atoms. The maximum absolute atomic E-state index is 12.8. The predicted octanol–water partition coefficient (Wildman–Crippen LogP) is 2.68. The van der Waals surface area contributed by atoms with Gasteiger partial charge in [-0.3, -0.25) is 4.79 Å². The summed E-state index contributed by atoms with van der Waals surface area (Å²) in [5.74, 6) is 0.332. The van der Waals surface area contributed by atoms with Crippen molar-refractivity contribution < 1.29 is 14.3 Å². The Bertz CT molecular complexity index is 605. The van der Waals surface area contributed by atoms with Gasteiger partial charge in [0.15, 0.2) is 0 Å². The summed E-state index contributed by atoms with van der Waals surface area (Å²) in [4.78, 5) is 24.5. The lowest BCUT2D eigenvalue weighted by atomic mass is 9.67. The topological polar surface area (TPSA) is 67.4 Å². The smallest absolute Gasteiger partial charge is 0.338 e. The number of carbonyl (C=O) groups excluding carboxylic acids is 2. The van der Waals surface area contributed by atoms with Crippen molar-refractivity contribution in [2.45, 2.75) is 39.2 Å². The third kappa shape index (κ3) is 4.15. The Hall–Kier alpha value is -1.59.